The zero-order valence-corrected chi connectivity index (χ0v) is 15.0. The van der Waals surface area contributed by atoms with Crippen LogP contribution in [0.15, 0.2) is 60.7 Å². The zero-order chi connectivity index (χ0) is 18.3. The van der Waals surface area contributed by atoms with Crippen molar-refractivity contribution in [3.63, 3.8) is 0 Å². The summed E-state index contributed by atoms with van der Waals surface area (Å²) in [6, 6.07) is 19.2. The number of hydrogen-bond donors (Lipinski definition) is 1. The maximum Gasteiger partial charge on any atom is 0.249 e. The fourth-order valence-corrected chi connectivity index (χ4v) is 3.66. The third-order valence-electron chi connectivity index (χ3n) is 4.64. The van der Waals surface area contributed by atoms with E-state index in [0.717, 1.165) is 33.1 Å². The number of amides is 1. The Morgan fingerprint density at radius 1 is 1.08 bits per heavy atom. The van der Waals surface area contributed by atoms with E-state index in [1.165, 1.54) is 0 Å². The van der Waals surface area contributed by atoms with E-state index < -0.39 is 5.91 Å². The molecule has 0 aliphatic carbocycles. The summed E-state index contributed by atoms with van der Waals surface area (Å²) in [5, 5.41) is 2.44. The number of ether oxygens (including phenoxy) is 1. The molecule has 0 atom stereocenters. The van der Waals surface area contributed by atoms with Crippen LogP contribution in [0.2, 0.25) is 5.02 Å². The monoisotopic (exact) mass is 364 g/mol. The van der Waals surface area contributed by atoms with Gasteiger partial charge in [-0.15, -0.1) is 0 Å². The summed E-state index contributed by atoms with van der Waals surface area (Å²) < 4.78 is 7.63. The van der Waals surface area contributed by atoms with Gasteiger partial charge in [0.25, 0.3) is 0 Å². The minimum atomic E-state index is -0.443. The number of halogens is 1. The van der Waals surface area contributed by atoms with E-state index in [0.29, 0.717) is 17.1 Å². The summed E-state index contributed by atoms with van der Waals surface area (Å²) in [5.41, 5.74) is 9.05. The summed E-state index contributed by atoms with van der Waals surface area (Å²) >= 11 is 6.25. The van der Waals surface area contributed by atoms with Crippen molar-refractivity contribution in [2.24, 2.45) is 5.73 Å². The maximum atomic E-state index is 12.0. The molecule has 0 aliphatic rings. The molecule has 0 bridgehead atoms. The van der Waals surface area contributed by atoms with Crippen molar-refractivity contribution < 1.29 is 9.53 Å². The first-order valence-electron chi connectivity index (χ1n) is 8.22. The molecule has 0 radical (unpaired) electrons. The number of aromatic nitrogens is 1. The lowest BCUT2D eigenvalue weighted by molar-refractivity contribution is 0.100. The predicted molar refractivity (Wildman–Crippen MR) is 105 cm³/mol. The average molecular weight is 365 g/mol. The van der Waals surface area contributed by atoms with Crippen LogP contribution in [0.5, 0.6) is 5.75 Å². The Balaban J connectivity index is 2.05. The third-order valence-corrected chi connectivity index (χ3v) is 4.87. The highest BCUT2D eigenvalue weighted by Gasteiger charge is 2.17. The Labute approximate surface area is 155 Å². The molecule has 26 heavy (non-hydrogen) atoms. The Morgan fingerprint density at radius 3 is 2.65 bits per heavy atom. The van der Waals surface area contributed by atoms with Crippen LogP contribution >= 0.6 is 11.6 Å². The zero-order valence-electron chi connectivity index (χ0n) is 14.2. The molecule has 3 aromatic carbocycles. The number of benzene rings is 3. The van der Waals surface area contributed by atoms with Crippen LogP contribution < -0.4 is 10.5 Å². The van der Waals surface area contributed by atoms with Crippen LogP contribution in [-0.2, 0) is 6.54 Å². The van der Waals surface area contributed by atoms with E-state index in [4.69, 9.17) is 22.1 Å². The van der Waals surface area contributed by atoms with Gasteiger partial charge in [0, 0.05) is 26.9 Å². The van der Waals surface area contributed by atoms with Crippen molar-refractivity contribution in [3.05, 3.63) is 76.8 Å². The average Bonchev–Trinajstić information content (AvgIpc) is 2.95. The number of para-hydroxylation sites is 1. The molecule has 5 heteroatoms. The second-order valence-corrected chi connectivity index (χ2v) is 6.56. The van der Waals surface area contributed by atoms with Crippen molar-refractivity contribution in [1.82, 2.24) is 4.57 Å². The third kappa shape index (κ3) is 2.59. The van der Waals surface area contributed by atoms with E-state index in [2.05, 4.69) is 4.57 Å². The van der Waals surface area contributed by atoms with Gasteiger partial charge in [-0.05, 0) is 30.3 Å². The SMILES string of the molecule is COc1ccccc1Cn1c2cc(Cl)ccc2c2c(C(N)=O)cccc21. The first-order valence-corrected chi connectivity index (χ1v) is 8.60. The van der Waals surface area contributed by atoms with Gasteiger partial charge < -0.3 is 15.0 Å². The summed E-state index contributed by atoms with van der Waals surface area (Å²) in [5.74, 6) is 0.373. The molecule has 0 unspecified atom stereocenters. The summed E-state index contributed by atoms with van der Waals surface area (Å²) in [6.07, 6.45) is 0. The van der Waals surface area contributed by atoms with Gasteiger partial charge >= 0.3 is 0 Å². The molecule has 0 saturated carbocycles. The molecule has 0 spiro atoms. The second-order valence-electron chi connectivity index (χ2n) is 6.12. The first kappa shape index (κ1) is 16.5. The molecule has 4 rings (SSSR count). The van der Waals surface area contributed by atoms with Crippen LogP contribution in [0, 0.1) is 0 Å². The molecule has 1 aromatic heterocycles. The Morgan fingerprint density at radius 2 is 1.88 bits per heavy atom. The van der Waals surface area contributed by atoms with Crippen LogP contribution in [-0.4, -0.2) is 17.6 Å². The fourth-order valence-electron chi connectivity index (χ4n) is 3.50. The first-order chi connectivity index (χ1) is 12.6. The number of fused-ring (bicyclic) bond motifs is 3. The van der Waals surface area contributed by atoms with E-state index in [9.17, 15) is 4.79 Å². The molecule has 4 aromatic rings. The number of carbonyl (C=O) groups excluding carboxylic acids is 1. The van der Waals surface area contributed by atoms with Gasteiger partial charge in [0.05, 0.1) is 24.7 Å². The number of rotatable bonds is 4. The van der Waals surface area contributed by atoms with Crippen molar-refractivity contribution in [2.75, 3.05) is 7.11 Å². The van der Waals surface area contributed by atoms with Gasteiger partial charge in [-0.2, -0.15) is 0 Å². The van der Waals surface area contributed by atoms with E-state index >= 15 is 0 Å². The van der Waals surface area contributed by atoms with Crippen LogP contribution in [0.25, 0.3) is 21.8 Å². The molecule has 0 saturated heterocycles. The maximum absolute atomic E-state index is 12.0. The topological polar surface area (TPSA) is 57.2 Å². The highest BCUT2D eigenvalue weighted by molar-refractivity contribution is 6.32. The highest BCUT2D eigenvalue weighted by atomic mass is 35.5. The molecule has 0 aliphatic heterocycles. The lowest BCUT2D eigenvalue weighted by atomic mass is 10.1. The standard InChI is InChI=1S/C21H17ClN2O2/c1-26-19-8-3-2-5-13(19)12-24-17-7-4-6-16(21(23)25)20(17)15-10-9-14(22)11-18(15)24/h2-11H,12H2,1H3,(H2,23,25). The molecule has 1 heterocycles. The van der Waals surface area contributed by atoms with Gasteiger partial charge in [-0.1, -0.05) is 41.9 Å². The van der Waals surface area contributed by atoms with Crippen molar-refractivity contribution in [1.29, 1.82) is 0 Å². The number of hydrogen-bond acceptors (Lipinski definition) is 2. The second kappa shape index (κ2) is 6.39. The smallest absolute Gasteiger partial charge is 0.249 e. The lowest BCUT2D eigenvalue weighted by Gasteiger charge is -2.12. The molecule has 4 nitrogen and oxygen atoms in total. The van der Waals surface area contributed by atoms with Crippen LogP contribution in [0.4, 0.5) is 0 Å². The van der Waals surface area contributed by atoms with Crippen molar-refractivity contribution >= 4 is 39.3 Å². The summed E-state index contributed by atoms with van der Waals surface area (Å²) in [4.78, 5) is 12.0. The van der Waals surface area contributed by atoms with Gasteiger partial charge in [0.15, 0.2) is 0 Å². The van der Waals surface area contributed by atoms with Gasteiger partial charge in [-0.25, -0.2) is 0 Å². The number of nitrogens with two attached hydrogens (primary N) is 1. The van der Waals surface area contributed by atoms with Crippen molar-refractivity contribution in [2.45, 2.75) is 6.54 Å². The van der Waals surface area contributed by atoms with E-state index in [1.807, 2.05) is 54.6 Å². The number of primary amides is 1. The Bertz CT molecular complexity index is 1150. The Kier molecular flexibility index (Phi) is 4.05. The van der Waals surface area contributed by atoms with Gasteiger partial charge in [0.1, 0.15) is 5.75 Å². The normalized spacial score (nSPS) is 11.2. The predicted octanol–water partition coefficient (Wildman–Crippen LogP) is 4.60. The van der Waals surface area contributed by atoms with Crippen LogP contribution in [0.3, 0.4) is 0 Å². The quantitative estimate of drug-likeness (QED) is 0.575. The molecular formula is C21H17ClN2O2. The molecule has 2 N–H and O–H groups in total. The van der Waals surface area contributed by atoms with Crippen LogP contribution in [0.1, 0.15) is 15.9 Å². The number of nitrogens with zero attached hydrogens (tertiary/aromatic N) is 1. The lowest BCUT2D eigenvalue weighted by Crippen LogP contribution is -2.11. The fraction of sp³-hybridized carbons (Fsp3) is 0.0952. The molecular weight excluding hydrogens is 348 g/mol. The summed E-state index contributed by atoms with van der Waals surface area (Å²) in [6.45, 7) is 0.590. The molecule has 1 amide bonds. The number of methoxy groups -OCH3 is 1. The minimum absolute atomic E-state index is 0.443. The van der Waals surface area contributed by atoms with Crippen molar-refractivity contribution in [3.8, 4) is 5.75 Å². The Hall–Kier alpha value is -2.98. The van der Waals surface area contributed by atoms with Gasteiger partial charge in [-0.3, -0.25) is 4.79 Å². The van der Waals surface area contributed by atoms with E-state index in [-0.39, 0.29) is 0 Å². The largest absolute Gasteiger partial charge is 0.496 e. The van der Waals surface area contributed by atoms with E-state index in [1.54, 1.807) is 13.2 Å². The van der Waals surface area contributed by atoms with Gasteiger partial charge in [0.2, 0.25) is 5.91 Å². The highest BCUT2D eigenvalue weighted by Crippen LogP contribution is 2.34. The summed E-state index contributed by atoms with van der Waals surface area (Å²) in [7, 11) is 1.66. The minimum Gasteiger partial charge on any atom is -0.496 e. The molecule has 0 fully saturated rings. The number of carbonyl (C=O) groups is 1. The molecule has 130 valence electrons.